The lowest BCUT2D eigenvalue weighted by molar-refractivity contribution is -0.137. The Morgan fingerprint density at radius 2 is 1.75 bits per heavy atom. The van der Waals surface area contributed by atoms with Gasteiger partial charge in [-0.2, -0.15) is 13.2 Å². The zero-order valence-electron chi connectivity index (χ0n) is 12.0. The van der Waals surface area contributed by atoms with Crippen LogP contribution in [0.2, 0.25) is 0 Å². The van der Waals surface area contributed by atoms with Gasteiger partial charge in [-0.15, -0.1) is 10.2 Å². The highest BCUT2D eigenvalue weighted by atomic mass is 19.4. The summed E-state index contributed by atoms with van der Waals surface area (Å²) in [5, 5.41) is 9.68. The lowest BCUT2D eigenvalue weighted by atomic mass is 10.1. The van der Waals surface area contributed by atoms with Crippen LogP contribution in [0, 0.1) is 0 Å². The van der Waals surface area contributed by atoms with E-state index in [1.165, 1.54) is 37.1 Å². The second-order valence-corrected chi connectivity index (χ2v) is 4.77. The van der Waals surface area contributed by atoms with E-state index in [0.717, 1.165) is 12.1 Å². The van der Waals surface area contributed by atoms with Gasteiger partial charge >= 0.3 is 6.18 Å². The number of pyridine rings is 1. The Labute approximate surface area is 134 Å². The lowest BCUT2D eigenvalue weighted by Gasteiger charge is -2.12. The largest absolute Gasteiger partial charge is 0.417 e. The number of benzene rings is 1. The minimum Gasteiger partial charge on any atom is -0.321 e. The molecule has 9 heteroatoms. The number of aromatic nitrogens is 4. The molecule has 0 fully saturated rings. The molecule has 0 saturated heterocycles. The number of nitrogens with zero attached hydrogens (tertiary/aromatic N) is 4. The van der Waals surface area contributed by atoms with E-state index in [1.54, 1.807) is 10.6 Å². The van der Waals surface area contributed by atoms with E-state index in [1.807, 2.05) is 0 Å². The molecule has 0 radical (unpaired) electrons. The minimum absolute atomic E-state index is 0.272. The Hall–Kier alpha value is -3.23. The summed E-state index contributed by atoms with van der Waals surface area (Å²) in [6, 6.07) is 7.69. The van der Waals surface area contributed by atoms with Crippen LogP contribution in [0.15, 0.2) is 55.2 Å². The first-order chi connectivity index (χ1) is 11.4. The Bertz CT molecular complexity index is 844. The van der Waals surface area contributed by atoms with E-state index in [2.05, 4.69) is 20.5 Å². The van der Waals surface area contributed by atoms with Gasteiger partial charge in [-0.3, -0.25) is 9.36 Å². The molecule has 0 aliphatic carbocycles. The van der Waals surface area contributed by atoms with Crippen LogP contribution in [0.3, 0.4) is 0 Å². The molecule has 0 saturated carbocycles. The van der Waals surface area contributed by atoms with E-state index < -0.39 is 23.2 Å². The summed E-state index contributed by atoms with van der Waals surface area (Å²) in [7, 11) is 0. The summed E-state index contributed by atoms with van der Waals surface area (Å²) in [5.74, 6) is -0.351. The fourth-order valence-electron chi connectivity index (χ4n) is 2.06. The third kappa shape index (κ3) is 3.24. The summed E-state index contributed by atoms with van der Waals surface area (Å²) in [4.78, 5) is 16.2. The number of hydrogen-bond donors (Lipinski definition) is 1. The molecular weight excluding hydrogens is 323 g/mol. The Morgan fingerprint density at radius 3 is 2.38 bits per heavy atom. The van der Waals surface area contributed by atoms with E-state index >= 15 is 0 Å². The molecule has 0 unspecified atom stereocenters. The topological polar surface area (TPSA) is 72.7 Å². The van der Waals surface area contributed by atoms with Crippen LogP contribution in [0.4, 0.5) is 18.9 Å². The Morgan fingerprint density at radius 1 is 1.04 bits per heavy atom. The number of halogens is 3. The second kappa shape index (κ2) is 6.11. The van der Waals surface area contributed by atoms with Gasteiger partial charge in [0, 0.05) is 0 Å². The van der Waals surface area contributed by atoms with E-state index in [4.69, 9.17) is 0 Å². The van der Waals surface area contributed by atoms with Gasteiger partial charge in [-0.25, -0.2) is 4.98 Å². The van der Waals surface area contributed by atoms with Gasteiger partial charge in [0.05, 0.1) is 23.0 Å². The van der Waals surface area contributed by atoms with Gasteiger partial charge in [0.25, 0.3) is 5.91 Å². The molecule has 0 bridgehead atoms. The second-order valence-electron chi connectivity index (χ2n) is 4.77. The molecule has 3 rings (SSSR count). The van der Waals surface area contributed by atoms with Crippen molar-refractivity contribution in [2.75, 3.05) is 5.32 Å². The first-order valence-corrected chi connectivity index (χ1v) is 6.74. The number of hydrogen-bond acceptors (Lipinski definition) is 4. The quantitative estimate of drug-likeness (QED) is 0.800. The van der Waals surface area contributed by atoms with Crippen LogP contribution in [-0.4, -0.2) is 25.7 Å². The predicted molar refractivity (Wildman–Crippen MR) is 78.6 cm³/mol. The van der Waals surface area contributed by atoms with Gasteiger partial charge in [0.1, 0.15) is 18.5 Å². The van der Waals surface area contributed by atoms with Gasteiger partial charge in [0.15, 0.2) is 0 Å². The highest BCUT2D eigenvalue weighted by molar-refractivity contribution is 6.05. The molecule has 1 amide bonds. The first kappa shape index (κ1) is 15.7. The van der Waals surface area contributed by atoms with Crippen LogP contribution >= 0.6 is 0 Å². The minimum atomic E-state index is -4.61. The predicted octanol–water partition coefficient (Wildman–Crippen LogP) is 2.93. The van der Waals surface area contributed by atoms with Crippen LogP contribution in [0.5, 0.6) is 0 Å². The highest BCUT2D eigenvalue weighted by Crippen LogP contribution is 2.32. The fraction of sp³-hybridized carbons (Fsp3) is 0.0667. The maximum Gasteiger partial charge on any atom is 0.417 e. The number of carbonyl (C=O) groups excluding carboxylic acids is 1. The maximum absolute atomic E-state index is 13.0. The summed E-state index contributed by atoms with van der Waals surface area (Å²) in [5.41, 5.74) is -1.17. The average molecular weight is 333 g/mol. The van der Waals surface area contributed by atoms with Gasteiger partial charge < -0.3 is 5.32 Å². The monoisotopic (exact) mass is 333 g/mol. The third-order valence-corrected chi connectivity index (χ3v) is 3.17. The molecule has 3 aromatic rings. The zero-order valence-corrected chi connectivity index (χ0v) is 12.0. The lowest BCUT2D eigenvalue weighted by Crippen LogP contribution is -2.18. The third-order valence-electron chi connectivity index (χ3n) is 3.17. The van der Waals surface area contributed by atoms with Crippen LogP contribution in [0.25, 0.3) is 5.82 Å². The number of amides is 1. The smallest absolute Gasteiger partial charge is 0.321 e. The van der Waals surface area contributed by atoms with Crippen molar-refractivity contribution in [2.24, 2.45) is 0 Å². The van der Waals surface area contributed by atoms with Gasteiger partial charge in [0.2, 0.25) is 0 Å². The molecule has 0 aliphatic heterocycles. The molecule has 122 valence electrons. The number of anilines is 1. The van der Waals surface area contributed by atoms with Crippen LogP contribution < -0.4 is 5.32 Å². The molecule has 1 aromatic carbocycles. The molecule has 1 N–H and O–H groups in total. The molecule has 2 heterocycles. The van der Waals surface area contributed by atoms with Crippen molar-refractivity contribution in [1.29, 1.82) is 0 Å². The SMILES string of the molecule is O=C(Nc1ccc(-n2cnnc2)nc1)c1ccccc1C(F)(F)F. The normalized spacial score (nSPS) is 11.3. The number of nitrogens with one attached hydrogen (secondary N) is 1. The van der Waals surface area contributed by atoms with Crippen molar-refractivity contribution < 1.29 is 18.0 Å². The summed E-state index contributed by atoms with van der Waals surface area (Å²) in [6.07, 6.45) is -0.381. The molecule has 24 heavy (non-hydrogen) atoms. The Balaban J connectivity index is 1.81. The molecule has 2 aromatic heterocycles. The van der Waals surface area contributed by atoms with E-state index in [-0.39, 0.29) is 5.69 Å². The van der Waals surface area contributed by atoms with Crippen molar-refractivity contribution >= 4 is 11.6 Å². The van der Waals surface area contributed by atoms with Crippen LogP contribution in [0.1, 0.15) is 15.9 Å². The molecule has 0 spiro atoms. The van der Waals surface area contributed by atoms with Crippen molar-refractivity contribution in [1.82, 2.24) is 19.7 Å². The van der Waals surface area contributed by atoms with Gasteiger partial charge in [-0.05, 0) is 24.3 Å². The molecule has 0 aliphatic rings. The molecular formula is C15H10F3N5O. The average Bonchev–Trinajstić information content (AvgIpc) is 3.09. The van der Waals surface area contributed by atoms with E-state index in [0.29, 0.717) is 5.82 Å². The number of alkyl halides is 3. The zero-order chi connectivity index (χ0) is 17.2. The van der Waals surface area contributed by atoms with Crippen molar-refractivity contribution in [3.63, 3.8) is 0 Å². The highest BCUT2D eigenvalue weighted by Gasteiger charge is 2.34. The van der Waals surface area contributed by atoms with Crippen molar-refractivity contribution in [2.45, 2.75) is 6.18 Å². The van der Waals surface area contributed by atoms with Crippen LogP contribution in [-0.2, 0) is 6.18 Å². The first-order valence-electron chi connectivity index (χ1n) is 6.74. The number of carbonyl (C=O) groups is 1. The molecule has 0 atom stereocenters. The summed E-state index contributed by atoms with van der Waals surface area (Å²) in [6.45, 7) is 0. The standard InChI is InChI=1S/C15H10F3N5O/c16-15(17,18)12-4-2-1-3-11(12)14(24)22-10-5-6-13(19-7-10)23-8-20-21-9-23/h1-9H,(H,22,24). The fourth-order valence-corrected chi connectivity index (χ4v) is 2.06. The maximum atomic E-state index is 13.0. The van der Waals surface area contributed by atoms with Crippen molar-refractivity contribution in [3.05, 3.63) is 66.4 Å². The summed E-state index contributed by atoms with van der Waals surface area (Å²) >= 11 is 0. The number of rotatable bonds is 3. The van der Waals surface area contributed by atoms with Gasteiger partial charge in [-0.1, -0.05) is 12.1 Å². The van der Waals surface area contributed by atoms with Crippen molar-refractivity contribution in [3.8, 4) is 5.82 Å². The molecule has 6 nitrogen and oxygen atoms in total. The Kier molecular flexibility index (Phi) is 3.98. The summed E-state index contributed by atoms with van der Waals surface area (Å²) < 4.78 is 40.4. The van der Waals surface area contributed by atoms with E-state index in [9.17, 15) is 18.0 Å².